The van der Waals surface area contributed by atoms with Gasteiger partial charge in [0.1, 0.15) is 0 Å². The molecule has 0 aliphatic carbocycles. The minimum absolute atomic E-state index is 0. The molecule has 2 radical (unpaired) electrons. The summed E-state index contributed by atoms with van der Waals surface area (Å²) in [5.74, 6) is -0.343. The molecule has 0 bridgehead atoms. The third-order valence-corrected chi connectivity index (χ3v) is 1.06. The number of carbonyl (C=O) groups excluding carboxylic acids is 1. The van der Waals surface area contributed by atoms with E-state index in [-0.39, 0.29) is 35.1 Å². The Morgan fingerprint density at radius 3 is 2.60 bits per heavy atom. The van der Waals surface area contributed by atoms with Gasteiger partial charge in [0.2, 0.25) is 0 Å². The van der Waals surface area contributed by atoms with E-state index < -0.39 is 0 Å². The monoisotopic (exact) mass is 152 g/mol. The van der Waals surface area contributed by atoms with E-state index in [2.05, 4.69) is 6.58 Å². The maximum Gasteiger partial charge on any atom is 0.330 e. The Labute approximate surface area is 77.8 Å². The number of hydrogen-bond acceptors (Lipinski definition) is 2. The van der Waals surface area contributed by atoms with Crippen LogP contribution >= 0.6 is 0 Å². The lowest BCUT2D eigenvalue weighted by Gasteiger charge is -2.07. The van der Waals surface area contributed by atoms with E-state index in [4.69, 9.17) is 4.74 Å². The van der Waals surface area contributed by atoms with Gasteiger partial charge in [-0.05, 0) is 13.3 Å². The highest BCUT2D eigenvalue weighted by Crippen LogP contribution is 1.95. The molecule has 0 aliphatic rings. The molecule has 0 saturated heterocycles. The normalized spacial score (nSPS) is 11.0. The van der Waals surface area contributed by atoms with Gasteiger partial charge in [-0.3, -0.25) is 0 Å². The molecule has 0 saturated carbocycles. The summed E-state index contributed by atoms with van der Waals surface area (Å²) in [4.78, 5) is 10.4. The van der Waals surface area contributed by atoms with Crippen molar-refractivity contribution in [3.05, 3.63) is 12.7 Å². The Kier molecular flexibility index (Phi) is 8.95. The molecule has 0 N–H and O–H groups in total. The smallest absolute Gasteiger partial charge is 0.330 e. The Bertz CT molecular complexity index is 112. The zero-order valence-corrected chi connectivity index (χ0v) is 8.01. The van der Waals surface area contributed by atoms with Crippen molar-refractivity contribution in [2.45, 2.75) is 26.4 Å². The Balaban J connectivity index is 0. The van der Waals surface area contributed by atoms with Gasteiger partial charge in [0.25, 0.3) is 0 Å². The molecule has 10 heavy (non-hydrogen) atoms. The van der Waals surface area contributed by atoms with Crippen molar-refractivity contribution in [3.63, 3.8) is 0 Å². The molecule has 0 aromatic carbocycles. The van der Waals surface area contributed by atoms with Gasteiger partial charge in [-0.15, -0.1) is 0 Å². The van der Waals surface area contributed by atoms with Crippen LogP contribution in [0.2, 0.25) is 0 Å². The van der Waals surface area contributed by atoms with Crippen LogP contribution in [-0.4, -0.2) is 35.1 Å². The van der Waals surface area contributed by atoms with Crippen molar-refractivity contribution in [3.8, 4) is 0 Å². The summed E-state index contributed by atoms with van der Waals surface area (Å²) < 4.78 is 4.79. The standard InChI is InChI=1S/C7H12O2.Mg/c1-4-6(3)9-7(8)5-2;/h5-6H,2,4H2,1,3H3;. The van der Waals surface area contributed by atoms with Gasteiger partial charge in [0.15, 0.2) is 0 Å². The molecule has 0 rings (SSSR count). The minimum atomic E-state index is -0.343. The van der Waals surface area contributed by atoms with E-state index in [0.717, 1.165) is 6.42 Å². The van der Waals surface area contributed by atoms with E-state index in [1.54, 1.807) is 0 Å². The quantitative estimate of drug-likeness (QED) is 0.344. The van der Waals surface area contributed by atoms with Gasteiger partial charge in [0.05, 0.1) is 6.10 Å². The number of rotatable bonds is 3. The highest BCUT2D eigenvalue weighted by molar-refractivity contribution is 5.81. The summed E-state index contributed by atoms with van der Waals surface area (Å²) >= 11 is 0. The maximum atomic E-state index is 10.4. The second-order valence-corrected chi connectivity index (χ2v) is 1.86. The van der Waals surface area contributed by atoms with Crippen LogP contribution in [0.15, 0.2) is 12.7 Å². The van der Waals surface area contributed by atoms with Gasteiger partial charge >= 0.3 is 5.97 Å². The van der Waals surface area contributed by atoms with Crippen molar-refractivity contribution in [2.24, 2.45) is 0 Å². The molecule has 0 spiro atoms. The molecule has 0 fully saturated rings. The molecule has 3 heteroatoms. The zero-order valence-electron chi connectivity index (χ0n) is 6.59. The van der Waals surface area contributed by atoms with Crippen LogP contribution < -0.4 is 0 Å². The van der Waals surface area contributed by atoms with E-state index in [9.17, 15) is 4.79 Å². The van der Waals surface area contributed by atoms with Crippen molar-refractivity contribution in [1.29, 1.82) is 0 Å². The highest BCUT2D eigenvalue weighted by atomic mass is 24.3. The van der Waals surface area contributed by atoms with Gasteiger partial charge in [-0.25, -0.2) is 4.79 Å². The van der Waals surface area contributed by atoms with Crippen LogP contribution in [0.4, 0.5) is 0 Å². The first kappa shape index (κ1) is 12.6. The molecule has 0 aromatic heterocycles. The fraction of sp³-hybridized carbons (Fsp3) is 0.571. The number of carbonyl (C=O) groups is 1. The Morgan fingerprint density at radius 1 is 1.80 bits per heavy atom. The first-order valence-electron chi connectivity index (χ1n) is 3.03. The molecule has 0 amide bonds. The van der Waals surface area contributed by atoms with Crippen molar-refractivity contribution in [2.75, 3.05) is 0 Å². The third kappa shape index (κ3) is 6.10. The lowest BCUT2D eigenvalue weighted by Crippen LogP contribution is -2.10. The average Bonchev–Trinajstić information content (AvgIpc) is 1.87. The minimum Gasteiger partial charge on any atom is -0.460 e. The zero-order chi connectivity index (χ0) is 7.28. The van der Waals surface area contributed by atoms with Gasteiger partial charge in [0, 0.05) is 29.1 Å². The van der Waals surface area contributed by atoms with Crippen LogP contribution in [-0.2, 0) is 9.53 Å². The molecule has 1 unspecified atom stereocenters. The summed E-state index contributed by atoms with van der Waals surface area (Å²) in [6.45, 7) is 7.08. The van der Waals surface area contributed by atoms with Gasteiger partial charge in [-0.2, -0.15) is 0 Å². The van der Waals surface area contributed by atoms with E-state index in [0.29, 0.717) is 0 Å². The van der Waals surface area contributed by atoms with E-state index >= 15 is 0 Å². The molecule has 54 valence electrons. The topological polar surface area (TPSA) is 26.3 Å². The summed E-state index contributed by atoms with van der Waals surface area (Å²) in [6.07, 6.45) is 2.03. The van der Waals surface area contributed by atoms with Crippen LogP contribution in [0.25, 0.3) is 0 Å². The van der Waals surface area contributed by atoms with Crippen LogP contribution in [0.3, 0.4) is 0 Å². The molecule has 2 nitrogen and oxygen atoms in total. The summed E-state index contributed by atoms with van der Waals surface area (Å²) in [5.41, 5.74) is 0. The lowest BCUT2D eigenvalue weighted by atomic mass is 10.3. The Morgan fingerprint density at radius 2 is 2.30 bits per heavy atom. The fourth-order valence-electron chi connectivity index (χ4n) is 0.330. The Hall–Kier alpha value is -0.0238. The van der Waals surface area contributed by atoms with Crippen molar-refractivity contribution < 1.29 is 9.53 Å². The second-order valence-electron chi connectivity index (χ2n) is 1.86. The molecule has 1 atom stereocenters. The first-order chi connectivity index (χ1) is 4.20. The number of hydrogen-bond donors (Lipinski definition) is 0. The molecular weight excluding hydrogens is 140 g/mol. The van der Waals surface area contributed by atoms with Crippen molar-refractivity contribution in [1.82, 2.24) is 0 Å². The van der Waals surface area contributed by atoms with Gasteiger partial charge < -0.3 is 4.74 Å². The van der Waals surface area contributed by atoms with Gasteiger partial charge in [-0.1, -0.05) is 13.5 Å². The lowest BCUT2D eigenvalue weighted by molar-refractivity contribution is -0.142. The summed E-state index contributed by atoms with van der Waals surface area (Å²) in [6, 6.07) is 0. The summed E-state index contributed by atoms with van der Waals surface area (Å²) in [7, 11) is 0. The van der Waals surface area contributed by atoms with Crippen molar-refractivity contribution >= 4 is 29.0 Å². The van der Waals surface area contributed by atoms with E-state index in [1.807, 2.05) is 13.8 Å². The SMILES string of the molecule is C=CC(=O)OC(C)CC.[Mg]. The number of ether oxygens (including phenoxy) is 1. The highest BCUT2D eigenvalue weighted by Gasteiger charge is 2.01. The largest absolute Gasteiger partial charge is 0.460 e. The first-order valence-corrected chi connectivity index (χ1v) is 3.03. The fourth-order valence-corrected chi connectivity index (χ4v) is 0.330. The van der Waals surface area contributed by atoms with Crippen LogP contribution in [0.5, 0.6) is 0 Å². The predicted octanol–water partition coefficient (Wildman–Crippen LogP) is 1.13. The second kappa shape index (κ2) is 7.09. The van der Waals surface area contributed by atoms with Crippen LogP contribution in [0.1, 0.15) is 20.3 Å². The molecule has 0 aromatic rings. The van der Waals surface area contributed by atoms with Crippen LogP contribution in [0, 0.1) is 0 Å². The average molecular weight is 152 g/mol. The third-order valence-electron chi connectivity index (χ3n) is 1.06. The summed E-state index contributed by atoms with van der Waals surface area (Å²) in [5, 5.41) is 0. The van der Waals surface area contributed by atoms with E-state index in [1.165, 1.54) is 6.08 Å². The maximum absolute atomic E-state index is 10.4. The molecule has 0 heterocycles. The number of esters is 1. The predicted molar refractivity (Wildman–Crippen MR) is 41.8 cm³/mol. The molecule has 0 aliphatic heterocycles. The molecular formula is C7H12MgO2.